The molecule has 1 aliphatic heterocycles. The molecule has 9 aromatic carbocycles. The number of benzene rings is 9. The maximum atomic E-state index is 10.0. The Morgan fingerprint density at radius 3 is 1.74 bits per heavy atom. The van der Waals surface area contributed by atoms with Crippen LogP contribution in [0.25, 0.3) is 86.0 Å². The molecule has 0 atom stereocenters. The number of para-hydroxylation sites is 2. The monoisotopic (exact) mass is 1320 g/mol. The van der Waals surface area contributed by atoms with E-state index in [1.165, 1.54) is 16.7 Å². The van der Waals surface area contributed by atoms with Crippen LogP contribution in [0.1, 0.15) is 108 Å². The van der Waals surface area contributed by atoms with Crippen LogP contribution in [0, 0.1) is 30.8 Å². The first-order chi connectivity index (χ1) is 41.4. The molecule has 0 spiro atoms. The van der Waals surface area contributed by atoms with E-state index in [4.69, 9.17) is 16.3 Å². The van der Waals surface area contributed by atoms with Gasteiger partial charge in [-0.3, -0.25) is 0 Å². The molecule has 4 heterocycles. The maximum Gasteiger partial charge on any atom is 0.204 e. The summed E-state index contributed by atoms with van der Waals surface area (Å²) in [6.45, 7) is 36.4. The van der Waals surface area contributed by atoms with Gasteiger partial charge >= 0.3 is 0 Å². The van der Waals surface area contributed by atoms with E-state index in [1.807, 2.05) is 63.4 Å². The molecule has 0 unspecified atom stereocenters. The molecule has 8 heteroatoms. The van der Waals surface area contributed by atoms with E-state index in [1.54, 1.807) is 11.3 Å². The minimum Gasteiger partial charge on any atom is -0.509 e. The molecule has 432 valence electrons. The average Bonchev–Trinajstić information content (AvgIpc) is 1.54. The van der Waals surface area contributed by atoms with Gasteiger partial charge in [0.15, 0.2) is 0 Å². The normalized spacial score (nSPS) is 13.5. The Balaban J connectivity index is 0.00000754. The van der Waals surface area contributed by atoms with Gasteiger partial charge in [-0.1, -0.05) is 204 Å². The van der Waals surface area contributed by atoms with Crippen LogP contribution in [0.3, 0.4) is 0 Å². The van der Waals surface area contributed by atoms with Crippen LogP contribution in [0.4, 0.5) is 28.4 Å². The number of nitrogens with zero attached hydrogens (tertiary/aromatic N) is 5. The zero-order chi connectivity index (χ0) is 61.1. The molecule has 13 rings (SSSR count). The summed E-state index contributed by atoms with van der Waals surface area (Å²) in [6.07, 6.45) is 0.0726. The fraction of sp³-hybridized carbons (Fsp3) is 0.218. The van der Waals surface area contributed by atoms with Crippen molar-refractivity contribution >= 4 is 81.8 Å². The van der Waals surface area contributed by atoms with Crippen molar-refractivity contribution in [1.29, 1.82) is 0 Å². The second-order valence-electron chi connectivity index (χ2n) is 26.6. The van der Waals surface area contributed by atoms with Crippen LogP contribution >= 0.6 is 11.3 Å². The Kier molecular flexibility index (Phi) is 14.2. The predicted octanol–water partition coefficient (Wildman–Crippen LogP) is 22.4. The van der Waals surface area contributed by atoms with E-state index < -0.39 is 11.8 Å². The van der Waals surface area contributed by atoms with Gasteiger partial charge in [0.05, 0.1) is 6.57 Å². The van der Waals surface area contributed by atoms with Crippen molar-refractivity contribution in [3.8, 4) is 50.7 Å². The van der Waals surface area contributed by atoms with Gasteiger partial charge in [-0.15, -0.1) is 59.4 Å². The quantitative estimate of drug-likeness (QED) is 0.135. The van der Waals surface area contributed by atoms with Crippen molar-refractivity contribution < 1.29 is 28.5 Å². The summed E-state index contributed by atoms with van der Waals surface area (Å²) in [7, 11) is 0. The number of ether oxygens (including phenoxy) is 1. The van der Waals surface area contributed by atoms with Crippen LogP contribution in [-0.4, -0.2) is 9.55 Å². The number of pyridine rings is 1. The zero-order valence-electron chi connectivity index (χ0n) is 52.8. The number of thiophene rings is 1. The number of fused-ring (bicyclic) bond motifs is 8. The van der Waals surface area contributed by atoms with E-state index in [2.05, 4.69) is 246 Å². The molecule has 3 aromatic heterocycles. The fourth-order valence-corrected chi connectivity index (χ4v) is 13.1. The van der Waals surface area contributed by atoms with Gasteiger partial charge in [0, 0.05) is 90.2 Å². The minimum atomic E-state index is -1.80. The van der Waals surface area contributed by atoms with Crippen LogP contribution in [0.15, 0.2) is 188 Å². The number of rotatable bonds is 9. The molecule has 86 heavy (non-hydrogen) atoms. The zero-order valence-corrected chi connectivity index (χ0v) is 53.9. The molecule has 0 N–H and O–H groups in total. The van der Waals surface area contributed by atoms with E-state index in [-0.39, 0.29) is 37.3 Å². The Hall–Kier alpha value is -8.27. The van der Waals surface area contributed by atoms with Crippen molar-refractivity contribution in [3.05, 3.63) is 241 Å². The molecule has 12 aromatic rings. The van der Waals surface area contributed by atoms with Crippen molar-refractivity contribution in [3.63, 3.8) is 0 Å². The molecule has 0 amide bonds. The third kappa shape index (κ3) is 10.7. The maximum absolute atomic E-state index is 10.0. The minimum absolute atomic E-state index is 0. The Labute approximate surface area is 528 Å². The molecule has 0 saturated carbocycles. The summed E-state index contributed by atoms with van der Waals surface area (Å²) in [6, 6.07) is 71.0. The Morgan fingerprint density at radius 1 is 0.558 bits per heavy atom. The second-order valence-corrected chi connectivity index (χ2v) is 27.7. The summed E-state index contributed by atoms with van der Waals surface area (Å²) in [5, 5.41) is 4.03. The number of hydrogen-bond donors (Lipinski definition) is 0. The number of anilines is 4. The number of aromatic nitrogens is 2. The standard InChI is InChI=1S/C78H70N5OS.Pt/c1-75(2,3)46-52-40-70(80-47-64(52)51-38-53(76(4,5)6)41-54(39-51)77(7,8)9)83-68-37-36-60-59-30-23-31-65(79-13)73(59)85-74(60)71(68)61-35-34-58(45-69(61)83)84-57-29-22-28-56(44-57)81-48-82(67-33-21-20-32-66(67)81)72-62(49-24-16-14-17-25-49)42-55(78(10,11)12)43-63(72)50-26-18-15-19-27-50;/h14-43,47-48H,46H2,1-12H3;/q-3;/i46D2;. The average molecular weight is 1320 g/mol. The van der Waals surface area contributed by atoms with Gasteiger partial charge in [-0.2, -0.15) is 12.1 Å². The van der Waals surface area contributed by atoms with Crippen molar-refractivity contribution in [2.75, 3.05) is 9.80 Å². The predicted molar refractivity (Wildman–Crippen MR) is 359 cm³/mol. The van der Waals surface area contributed by atoms with Gasteiger partial charge < -0.3 is 19.1 Å². The summed E-state index contributed by atoms with van der Waals surface area (Å²) in [5.41, 5.74) is 15.3. The second kappa shape index (κ2) is 21.9. The van der Waals surface area contributed by atoms with Crippen LogP contribution in [-0.2, 0) is 43.7 Å². The fourth-order valence-electron chi connectivity index (χ4n) is 11.8. The van der Waals surface area contributed by atoms with Crippen molar-refractivity contribution in [1.82, 2.24) is 9.55 Å². The van der Waals surface area contributed by atoms with Crippen molar-refractivity contribution in [2.45, 2.75) is 106 Å². The van der Waals surface area contributed by atoms with E-state index >= 15 is 0 Å². The van der Waals surface area contributed by atoms with Gasteiger partial charge in [0.2, 0.25) is 5.69 Å². The number of hydrogen-bond acceptors (Lipinski definition) is 5. The van der Waals surface area contributed by atoms with Crippen molar-refractivity contribution in [2.24, 2.45) is 5.41 Å². The van der Waals surface area contributed by atoms with Gasteiger partial charge in [-0.25, -0.2) is 9.83 Å². The van der Waals surface area contributed by atoms with E-state index in [0.717, 1.165) is 98.1 Å². The third-order valence-corrected chi connectivity index (χ3v) is 17.5. The molecule has 0 aliphatic carbocycles. The first-order valence-electron chi connectivity index (χ1n) is 30.3. The topological polar surface area (TPSA) is 37.9 Å². The first-order valence-corrected chi connectivity index (χ1v) is 30.1. The molecule has 0 radical (unpaired) electrons. The molecule has 0 bridgehead atoms. The Morgan fingerprint density at radius 2 is 1.13 bits per heavy atom. The van der Waals surface area contributed by atoms with Gasteiger partial charge in [-0.05, 0) is 120 Å². The van der Waals surface area contributed by atoms with Gasteiger partial charge in [0.25, 0.3) is 0 Å². The first kappa shape index (κ1) is 55.6. The summed E-state index contributed by atoms with van der Waals surface area (Å²) < 4.78 is 31.1. The molecular formula is C78H70N5OPtS-3. The molecule has 0 fully saturated rings. The summed E-state index contributed by atoms with van der Waals surface area (Å²) in [5.74, 6) is 1.54. The van der Waals surface area contributed by atoms with Crippen LogP contribution in [0.2, 0.25) is 0 Å². The third-order valence-electron chi connectivity index (χ3n) is 16.2. The largest absolute Gasteiger partial charge is 0.509 e. The van der Waals surface area contributed by atoms with Gasteiger partial charge in [0.1, 0.15) is 5.82 Å². The Bertz CT molecular complexity index is 4650. The summed E-state index contributed by atoms with van der Waals surface area (Å²) in [4.78, 5) is 13.8. The molecule has 1 aliphatic rings. The smallest absolute Gasteiger partial charge is 0.204 e. The molecular weight excluding hydrogens is 1250 g/mol. The SMILES string of the molecule is [2H]C([2H])(c1cc(-n2c3[c-]c(Oc4[c-]c(N5[CH-]N(c6c(-c7ccccc7)cc(C(C)(C)C)cc6-c6ccccc6)c6ccccc65)ccc4)ccc3c3c4sc5c([N+]#[C-])cccc5c4ccc32)ncc1-c1cc(C(C)(C)C)cc(C(C)(C)C)c1)C(C)(C)C.[Pt]. The van der Waals surface area contributed by atoms with E-state index in [0.29, 0.717) is 28.6 Å². The summed E-state index contributed by atoms with van der Waals surface area (Å²) >= 11 is 1.63. The molecule has 0 saturated heterocycles. The molecule has 6 nitrogen and oxygen atoms in total. The van der Waals surface area contributed by atoms with Crippen LogP contribution < -0.4 is 14.5 Å². The van der Waals surface area contributed by atoms with E-state index in [9.17, 15) is 2.74 Å². The van der Waals surface area contributed by atoms with Crippen LogP contribution in [0.5, 0.6) is 11.5 Å².